The SMILES string of the molecule is c1ccc(C2NCCc3[nH]ccc32)cc1. The van der Waals surface area contributed by atoms with E-state index in [0.717, 1.165) is 13.0 Å². The fraction of sp³-hybridized carbons (Fsp3) is 0.231. The molecule has 2 heteroatoms. The van der Waals surface area contributed by atoms with Crippen molar-refractivity contribution in [3.8, 4) is 0 Å². The van der Waals surface area contributed by atoms with Gasteiger partial charge in [0.05, 0.1) is 6.04 Å². The molecule has 2 heterocycles. The predicted octanol–water partition coefficient (Wildman–Crippen LogP) is 2.25. The molecule has 2 aromatic rings. The van der Waals surface area contributed by atoms with Gasteiger partial charge in [0.2, 0.25) is 0 Å². The lowest BCUT2D eigenvalue weighted by Gasteiger charge is -2.24. The fourth-order valence-corrected chi connectivity index (χ4v) is 2.30. The molecule has 0 fully saturated rings. The van der Waals surface area contributed by atoms with Gasteiger partial charge in [0.25, 0.3) is 0 Å². The smallest absolute Gasteiger partial charge is 0.0594 e. The lowest BCUT2D eigenvalue weighted by atomic mass is 9.95. The van der Waals surface area contributed by atoms with Crippen molar-refractivity contribution in [1.29, 1.82) is 0 Å². The first-order chi connectivity index (χ1) is 7.45. The molecule has 15 heavy (non-hydrogen) atoms. The number of fused-ring (bicyclic) bond motifs is 1. The van der Waals surface area contributed by atoms with Crippen LogP contribution in [0.3, 0.4) is 0 Å². The highest BCUT2D eigenvalue weighted by Gasteiger charge is 2.21. The molecular formula is C13H14N2. The molecule has 1 aromatic heterocycles. The molecule has 0 aliphatic carbocycles. The first-order valence-corrected chi connectivity index (χ1v) is 5.39. The van der Waals surface area contributed by atoms with Crippen molar-refractivity contribution >= 4 is 0 Å². The van der Waals surface area contributed by atoms with Gasteiger partial charge in [-0.2, -0.15) is 0 Å². The van der Waals surface area contributed by atoms with Crippen LogP contribution < -0.4 is 5.32 Å². The van der Waals surface area contributed by atoms with Gasteiger partial charge in [-0.05, 0) is 17.2 Å². The second-order valence-electron chi connectivity index (χ2n) is 3.96. The lowest BCUT2D eigenvalue weighted by molar-refractivity contribution is 0.564. The van der Waals surface area contributed by atoms with Gasteiger partial charge in [-0.1, -0.05) is 30.3 Å². The van der Waals surface area contributed by atoms with Crippen molar-refractivity contribution in [1.82, 2.24) is 10.3 Å². The number of aromatic amines is 1. The van der Waals surface area contributed by atoms with Crippen LogP contribution >= 0.6 is 0 Å². The zero-order valence-corrected chi connectivity index (χ0v) is 8.53. The highest BCUT2D eigenvalue weighted by molar-refractivity contribution is 5.36. The number of benzene rings is 1. The number of hydrogen-bond donors (Lipinski definition) is 2. The molecular weight excluding hydrogens is 184 g/mol. The van der Waals surface area contributed by atoms with E-state index >= 15 is 0 Å². The maximum Gasteiger partial charge on any atom is 0.0594 e. The summed E-state index contributed by atoms with van der Waals surface area (Å²) in [5, 5.41) is 3.56. The third-order valence-electron chi connectivity index (χ3n) is 3.04. The van der Waals surface area contributed by atoms with Gasteiger partial charge in [-0.15, -0.1) is 0 Å². The summed E-state index contributed by atoms with van der Waals surface area (Å²) >= 11 is 0. The fourth-order valence-electron chi connectivity index (χ4n) is 2.30. The van der Waals surface area contributed by atoms with E-state index < -0.39 is 0 Å². The van der Waals surface area contributed by atoms with Gasteiger partial charge in [-0.3, -0.25) is 0 Å². The molecule has 0 amide bonds. The topological polar surface area (TPSA) is 27.8 Å². The Balaban J connectivity index is 2.03. The zero-order chi connectivity index (χ0) is 10.1. The molecule has 3 rings (SSSR count). The molecule has 0 saturated heterocycles. The zero-order valence-electron chi connectivity index (χ0n) is 8.53. The van der Waals surface area contributed by atoms with E-state index in [2.05, 4.69) is 46.7 Å². The minimum atomic E-state index is 0.362. The highest BCUT2D eigenvalue weighted by atomic mass is 14.9. The molecule has 0 radical (unpaired) electrons. The number of rotatable bonds is 1. The molecule has 1 aromatic carbocycles. The van der Waals surface area contributed by atoms with Gasteiger partial charge in [-0.25, -0.2) is 0 Å². The molecule has 2 nitrogen and oxygen atoms in total. The first kappa shape index (κ1) is 8.74. The molecule has 1 aliphatic rings. The Morgan fingerprint density at radius 3 is 2.80 bits per heavy atom. The van der Waals surface area contributed by atoms with E-state index in [1.165, 1.54) is 16.8 Å². The average molecular weight is 198 g/mol. The van der Waals surface area contributed by atoms with Crippen LogP contribution in [0.2, 0.25) is 0 Å². The van der Waals surface area contributed by atoms with Crippen LogP contribution in [0.4, 0.5) is 0 Å². The van der Waals surface area contributed by atoms with Gasteiger partial charge in [0.1, 0.15) is 0 Å². The lowest BCUT2D eigenvalue weighted by Crippen LogP contribution is -2.29. The average Bonchev–Trinajstić information content (AvgIpc) is 2.78. The van der Waals surface area contributed by atoms with Gasteiger partial charge < -0.3 is 10.3 Å². The molecule has 1 unspecified atom stereocenters. The van der Waals surface area contributed by atoms with Gasteiger partial charge in [0.15, 0.2) is 0 Å². The van der Waals surface area contributed by atoms with Crippen LogP contribution in [0, 0.1) is 0 Å². The number of aromatic nitrogens is 1. The summed E-state index contributed by atoms with van der Waals surface area (Å²) in [6.07, 6.45) is 3.14. The van der Waals surface area contributed by atoms with Crippen molar-refractivity contribution in [2.45, 2.75) is 12.5 Å². The molecule has 1 atom stereocenters. The van der Waals surface area contributed by atoms with Crippen molar-refractivity contribution < 1.29 is 0 Å². The standard InChI is InChI=1S/C13H14N2/c1-2-4-10(5-3-1)13-11-6-8-14-12(11)7-9-15-13/h1-6,8,13-15H,7,9H2. The Hall–Kier alpha value is -1.54. The van der Waals surface area contributed by atoms with E-state index in [0.29, 0.717) is 6.04 Å². The van der Waals surface area contributed by atoms with Crippen LogP contribution in [0.15, 0.2) is 42.6 Å². The van der Waals surface area contributed by atoms with Crippen LogP contribution in [0.1, 0.15) is 22.9 Å². The quantitative estimate of drug-likeness (QED) is 0.722. The molecule has 0 bridgehead atoms. The summed E-state index contributed by atoms with van der Waals surface area (Å²) in [5.74, 6) is 0. The molecule has 76 valence electrons. The first-order valence-electron chi connectivity index (χ1n) is 5.39. The van der Waals surface area contributed by atoms with Crippen LogP contribution in [-0.4, -0.2) is 11.5 Å². The maximum atomic E-state index is 3.56. The number of nitrogens with one attached hydrogen (secondary N) is 2. The Morgan fingerprint density at radius 2 is 1.93 bits per heavy atom. The summed E-state index contributed by atoms with van der Waals surface area (Å²) in [6, 6.07) is 13.2. The minimum Gasteiger partial charge on any atom is -0.365 e. The Labute approximate surface area is 89.3 Å². The molecule has 0 saturated carbocycles. The summed E-state index contributed by atoms with van der Waals surface area (Å²) < 4.78 is 0. The second kappa shape index (κ2) is 3.55. The van der Waals surface area contributed by atoms with Crippen LogP contribution in [0.5, 0.6) is 0 Å². The second-order valence-corrected chi connectivity index (χ2v) is 3.96. The van der Waals surface area contributed by atoms with Crippen molar-refractivity contribution in [3.05, 3.63) is 59.4 Å². The largest absolute Gasteiger partial charge is 0.365 e. The normalized spacial score (nSPS) is 19.9. The van der Waals surface area contributed by atoms with E-state index in [1.807, 2.05) is 6.20 Å². The van der Waals surface area contributed by atoms with E-state index in [1.54, 1.807) is 0 Å². The highest BCUT2D eigenvalue weighted by Crippen LogP contribution is 2.27. The van der Waals surface area contributed by atoms with Crippen molar-refractivity contribution in [2.24, 2.45) is 0 Å². The summed E-state index contributed by atoms with van der Waals surface area (Å²) in [7, 11) is 0. The predicted molar refractivity (Wildman–Crippen MR) is 60.8 cm³/mol. The Morgan fingerprint density at radius 1 is 1.07 bits per heavy atom. The summed E-state index contributed by atoms with van der Waals surface area (Å²) in [5.41, 5.74) is 4.12. The van der Waals surface area contributed by atoms with Crippen molar-refractivity contribution in [3.63, 3.8) is 0 Å². The third kappa shape index (κ3) is 1.47. The third-order valence-corrected chi connectivity index (χ3v) is 3.04. The molecule has 1 aliphatic heterocycles. The van der Waals surface area contributed by atoms with E-state index in [-0.39, 0.29) is 0 Å². The number of hydrogen-bond acceptors (Lipinski definition) is 1. The number of H-pyrrole nitrogens is 1. The maximum absolute atomic E-state index is 3.56. The Bertz CT molecular complexity index is 445. The Kier molecular flexibility index (Phi) is 2.07. The minimum absolute atomic E-state index is 0.362. The van der Waals surface area contributed by atoms with Gasteiger partial charge >= 0.3 is 0 Å². The molecule has 2 N–H and O–H groups in total. The van der Waals surface area contributed by atoms with Crippen molar-refractivity contribution in [2.75, 3.05) is 6.54 Å². The molecule has 0 spiro atoms. The van der Waals surface area contributed by atoms with E-state index in [9.17, 15) is 0 Å². The van der Waals surface area contributed by atoms with Crippen LogP contribution in [0.25, 0.3) is 0 Å². The van der Waals surface area contributed by atoms with Gasteiger partial charge in [0, 0.05) is 24.9 Å². The summed E-state index contributed by atoms with van der Waals surface area (Å²) in [6.45, 7) is 1.05. The van der Waals surface area contributed by atoms with E-state index in [4.69, 9.17) is 0 Å². The summed E-state index contributed by atoms with van der Waals surface area (Å²) in [4.78, 5) is 3.32. The van der Waals surface area contributed by atoms with Crippen LogP contribution in [-0.2, 0) is 6.42 Å². The monoisotopic (exact) mass is 198 g/mol.